The van der Waals surface area contributed by atoms with Gasteiger partial charge in [0, 0.05) is 31.1 Å². The number of benzene rings is 1. The van der Waals surface area contributed by atoms with Gasteiger partial charge in [0.1, 0.15) is 11.6 Å². The molecule has 2 amide bonds. The number of hydrogen-bond acceptors (Lipinski definition) is 3. The van der Waals surface area contributed by atoms with Crippen molar-refractivity contribution in [2.45, 2.75) is 38.3 Å². The minimum absolute atomic E-state index is 0. The third kappa shape index (κ3) is 5.72. The monoisotopic (exact) mass is 361 g/mol. The van der Waals surface area contributed by atoms with Crippen LogP contribution in [0, 0.1) is 17.6 Å². The van der Waals surface area contributed by atoms with Crippen molar-refractivity contribution in [1.82, 2.24) is 10.6 Å². The summed E-state index contributed by atoms with van der Waals surface area (Å²) in [7, 11) is 0. The maximum Gasteiger partial charge on any atom is 0.222 e. The molecule has 1 aliphatic rings. The van der Waals surface area contributed by atoms with Crippen LogP contribution in [0.4, 0.5) is 8.78 Å². The molecule has 0 heterocycles. The highest BCUT2D eigenvalue weighted by Gasteiger charge is 2.32. The summed E-state index contributed by atoms with van der Waals surface area (Å²) in [6.45, 7) is 1.62. The highest BCUT2D eigenvalue weighted by Crippen LogP contribution is 2.32. The zero-order valence-electron chi connectivity index (χ0n) is 13.4. The lowest BCUT2D eigenvalue weighted by Crippen LogP contribution is -2.43. The zero-order valence-corrected chi connectivity index (χ0v) is 14.2. The van der Waals surface area contributed by atoms with E-state index in [1.165, 1.54) is 13.0 Å². The number of hydrogen-bond donors (Lipinski definition) is 3. The first-order valence-electron chi connectivity index (χ1n) is 7.62. The largest absolute Gasteiger partial charge is 0.352 e. The summed E-state index contributed by atoms with van der Waals surface area (Å²) >= 11 is 0. The summed E-state index contributed by atoms with van der Waals surface area (Å²) in [5.74, 6) is -1.84. The molecular weight excluding hydrogens is 340 g/mol. The smallest absolute Gasteiger partial charge is 0.222 e. The van der Waals surface area contributed by atoms with Gasteiger partial charge in [-0.3, -0.25) is 9.59 Å². The number of carbonyl (C=O) groups excluding carboxylic acids is 2. The normalized spacial score (nSPS) is 15.8. The Morgan fingerprint density at radius 1 is 1.29 bits per heavy atom. The maximum absolute atomic E-state index is 13.9. The van der Waals surface area contributed by atoms with Crippen LogP contribution in [0.3, 0.4) is 0 Å². The van der Waals surface area contributed by atoms with Gasteiger partial charge in [0.15, 0.2) is 0 Å². The van der Waals surface area contributed by atoms with Crippen LogP contribution < -0.4 is 16.4 Å². The van der Waals surface area contributed by atoms with Gasteiger partial charge in [-0.1, -0.05) is 6.07 Å². The van der Waals surface area contributed by atoms with E-state index in [9.17, 15) is 18.4 Å². The number of carbonyl (C=O) groups is 2. The van der Waals surface area contributed by atoms with Gasteiger partial charge in [-0.25, -0.2) is 8.78 Å². The molecule has 8 heteroatoms. The molecule has 5 nitrogen and oxygen atoms in total. The summed E-state index contributed by atoms with van der Waals surface area (Å²) in [6.07, 6.45) is 1.93. The van der Waals surface area contributed by atoms with Crippen molar-refractivity contribution in [3.05, 3.63) is 35.4 Å². The van der Waals surface area contributed by atoms with E-state index < -0.39 is 23.6 Å². The molecule has 1 aromatic carbocycles. The quantitative estimate of drug-likeness (QED) is 0.692. The molecule has 0 radical (unpaired) electrons. The van der Waals surface area contributed by atoms with E-state index in [1.807, 2.05) is 0 Å². The molecule has 2 unspecified atom stereocenters. The Balaban J connectivity index is 0.00000288. The number of nitrogens with one attached hydrogen (secondary N) is 2. The summed E-state index contributed by atoms with van der Waals surface area (Å²) in [4.78, 5) is 23.5. The van der Waals surface area contributed by atoms with Crippen molar-refractivity contribution in [3.8, 4) is 0 Å². The Morgan fingerprint density at radius 3 is 2.46 bits per heavy atom. The van der Waals surface area contributed by atoms with Gasteiger partial charge in [0.05, 0.1) is 12.5 Å². The minimum atomic E-state index is -0.856. The summed E-state index contributed by atoms with van der Waals surface area (Å²) in [5.41, 5.74) is 5.72. The van der Waals surface area contributed by atoms with Gasteiger partial charge in [0.25, 0.3) is 0 Å². The predicted octanol–water partition coefficient (Wildman–Crippen LogP) is 1.81. The van der Waals surface area contributed by atoms with Crippen LogP contribution in [0.1, 0.15) is 37.8 Å². The van der Waals surface area contributed by atoms with E-state index >= 15 is 0 Å². The van der Waals surface area contributed by atoms with Crippen molar-refractivity contribution in [2.75, 3.05) is 6.54 Å². The Hall–Kier alpha value is -1.73. The first-order chi connectivity index (χ1) is 10.9. The van der Waals surface area contributed by atoms with Gasteiger partial charge in [-0.15, -0.1) is 12.4 Å². The molecule has 1 aliphatic carbocycles. The molecule has 4 N–H and O–H groups in total. The Morgan fingerprint density at radius 2 is 1.96 bits per heavy atom. The van der Waals surface area contributed by atoms with Gasteiger partial charge in [-0.2, -0.15) is 0 Å². The van der Waals surface area contributed by atoms with Crippen LogP contribution in [0.2, 0.25) is 0 Å². The standard InChI is InChI=1S/C16H21F2N3O2.ClH/c1-9(22)20-14(12-5-4-11(17)6-13(12)18)7-16(23)21-15(8-19)10-2-3-10;/h4-6,10,14-15H,2-3,7-8,19H2,1H3,(H,20,22)(H,21,23);1H. The van der Waals surface area contributed by atoms with Gasteiger partial charge < -0.3 is 16.4 Å². The molecule has 0 saturated heterocycles. The minimum Gasteiger partial charge on any atom is -0.352 e. The average molecular weight is 362 g/mol. The second-order valence-corrected chi connectivity index (χ2v) is 5.87. The molecule has 0 aromatic heterocycles. The predicted molar refractivity (Wildman–Crippen MR) is 88.5 cm³/mol. The number of amides is 2. The molecule has 1 saturated carbocycles. The summed E-state index contributed by atoms with van der Waals surface area (Å²) in [6, 6.07) is 2.11. The molecule has 1 fully saturated rings. The fourth-order valence-corrected chi connectivity index (χ4v) is 2.59. The lowest BCUT2D eigenvalue weighted by atomic mass is 10.0. The van der Waals surface area contributed by atoms with Crippen molar-refractivity contribution >= 4 is 24.2 Å². The van der Waals surface area contributed by atoms with Crippen LogP contribution in [-0.4, -0.2) is 24.4 Å². The molecule has 2 rings (SSSR count). The molecule has 0 bridgehead atoms. The van der Waals surface area contributed by atoms with E-state index in [-0.39, 0.29) is 36.3 Å². The number of nitrogens with two attached hydrogens (primary N) is 1. The average Bonchev–Trinajstić information content (AvgIpc) is 3.28. The third-order valence-corrected chi connectivity index (χ3v) is 3.90. The highest BCUT2D eigenvalue weighted by atomic mass is 35.5. The number of rotatable bonds is 7. The van der Waals surface area contributed by atoms with E-state index in [0.29, 0.717) is 12.5 Å². The van der Waals surface area contributed by atoms with Crippen molar-refractivity contribution in [3.63, 3.8) is 0 Å². The highest BCUT2D eigenvalue weighted by molar-refractivity contribution is 5.85. The lowest BCUT2D eigenvalue weighted by Gasteiger charge is -2.21. The zero-order chi connectivity index (χ0) is 17.0. The van der Waals surface area contributed by atoms with E-state index in [0.717, 1.165) is 25.0 Å². The van der Waals surface area contributed by atoms with Crippen LogP contribution >= 0.6 is 12.4 Å². The van der Waals surface area contributed by atoms with Crippen LogP contribution in [0.5, 0.6) is 0 Å². The SMILES string of the molecule is CC(=O)NC(CC(=O)NC(CN)C1CC1)c1ccc(F)cc1F.Cl. The summed E-state index contributed by atoms with van der Waals surface area (Å²) in [5, 5.41) is 5.35. The molecule has 0 aliphatic heterocycles. The van der Waals surface area contributed by atoms with Gasteiger partial charge in [0.2, 0.25) is 11.8 Å². The van der Waals surface area contributed by atoms with Crippen molar-refractivity contribution in [1.29, 1.82) is 0 Å². The molecule has 0 spiro atoms. The molecule has 24 heavy (non-hydrogen) atoms. The Bertz CT molecular complexity index is 597. The van der Waals surface area contributed by atoms with Gasteiger partial charge >= 0.3 is 0 Å². The van der Waals surface area contributed by atoms with E-state index in [2.05, 4.69) is 10.6 Å². The van der Waals surface area contributed by atoms with Crippen LogP contribution in [-0.2, 0) is 9.59 Å². The molecular formula is C16H22ClF2N3O2. The first kappa shape index (κ1) is 20.3. The van der Waals surface area contributed by atoms with E-state index in [4.69, 9.17) is 5.73 Å². The molecule has 1 aromatic rings. The second-order valence-electron chi connectivity index (χ2n) is 5.87. The fourth-order valence-electron chi connectivity index (χ4n) is 2.59. The number of halogens is 3. The first-order valence-corrected chi connectivity index (χ1v) is 7.62. The Kier molecular flexibility index (Phi) is 7.57. The lowest BCUT2D eigenvalue weighted by molar-refractivity contribution is -0.123. The van der Waals surface area contributed by atoms with Gasteiger partial charge in [-0.05, 0) is 24.8 Å². The van der Waals surface area contributed by atoms with E-state index in [1.54, 1.807) is 0 Å². The van der Waals surface area contributed by atoms with Crippen molar-refractivity contribution in [2.24, 2.45) is 11.7 Å². The Labute approximate surface area is 145 Å². The summed E-state index contributed by atoms with van der Waals surface area (Å²) < 4.78 is 27.0. The molecule has 2 atom stereocenters. The second kappa shape index (κ2) is 8.94. The van der Waals surface area contributed by atoms with Crippen molar-refractivity contribution < 1.29 is 18.4 Å². The topological polar surface area (TPSA) is 84.2 Å². The third-order valence-electron chi connectivity index (χ3n) is 3.90. The van der Waals surface area contributed by atoms with Crippen LogP contribution in [0.25, 0.3) is 0 Å². The maximum atomic E-state index is 13.9. The molecule has 134 valence electrons. The fraction of sp³-hybridized carbons (Fsp3) is 0.500. The van der Waals surface area contributed by atoms with Crippen LogP contribution in [0.15, 0.2) is 18.2 Å².